The molecule has 0 radical (unpaired) electrons. The van der Waals surface area contributed by atoms with E-state index >= 15 is 0 Å². The van der Waals surface area contributed by atoms with Crippen molar-refractivity contribution in [3.05, 3.63) is 99.7 Å². The van der Waals surface area contributed by atoms with Crippen molar-refractivity contribution < 1.29 is 9.59 Å². The predicted octanol–water partition coefficient (Wildman–Crippen LogP) is 6.08. The number of para-hydroxylation sites is 1. The highest BCUT2D eigenvalue weighted by Gasteiger charge is 2.43. The molecule has 3 aromatic carbocycles. The van der Waals surface area contributed by atoms with Crippen LogP contribution in [-0.4, -0.2) is 18.4 Å². The molecule has 0 aliphatic carbocycles. The number of hydrogen-bond donors (Lipinski definition) is 0. The molecular formula is C27H25ClN2O2. The van der Waals surface area contributed by atoms with Gasteiger partial charge in [-0.3, -0.25) is 9.59 Å². The zero-order chi connectivity index (χ0) is 23.0. The monoisotopic (exact) mass is 444 g/mol. The summed E-state index contributed by atoms with van der Waals surface area (Å²) >= 11 is 6.24. The van der Waals surface area contributed by atoms with Crippen LogP contribution >= 0.6 is 11.6 Å². The molecule has 1 aliphatic heterocycles. The number of benzene rings is 3. The Hall–Kier alpha value is -3.37. The second-order valence-corrected chi connectivity index (χ2v) is 8.43. The first-order chi connectivity index (χ1) is 15.3. The van der Waals surface area contributed by atoms with Gasteiger partial charge in [0.1, 0.15) is 5.70 Å². The summed E-state index contributed by atoms with van der Waals surface area (Å²) in [6, 6.07) is 20.9. The lowest BCUT2D eigenvalue weighted by Gasteiger charge is -2.25. The van der Waals surface area contributed by atoms with Crippen molar-refractivity contribution in [2.75, 3.05) is 16.3 Å². The van der Waals surface area contributed by atoms with Crippen LogP contribution in [0.1, 0.15) is 29.2 Å². The Balaban J connectivity index is 1.97. The van der Waals surface area contributed by atoms with Gasteiger partial charge in [-0.1, -0.05) is 59.6 Å². The first kappa shape index (κ1) is 21.8. The van der Waals surface area contributed by atoms with Crippen LogP contribution in [0.15, 0.2) is 72.4 Å². The first-order valence-electron chi connectivity index (χ1n) is 10.6. The molecule has 0 spiro atoms. The molecule has 0 bridgehead atoms. The summed E-state index contributed by atoms with van der Waals surface area (Å²) in [4.78, 5) is 30.9. The number of hydrogen-bond acceptors (Lipinski definition) is 3. The van der Waals surface area contributed by atoms with Gasteiger partial charge < -0.3 is 4.90 Å². The third kappa shape index (κ3) is 3.71. The maximum absolute atomic E-state index is 13.9. The number of imide groups is 1. The van der Waals surface area contributed by atoms with E-state index in [1.165, 1.54) is 4.90 Å². The molecule has 0 fully saturated rings. The minimum Gasteiger partial charge on any atom is -0.337 e. The molecule has 4 nitrogen and oxygen atoms in total. The summed E-state index contributed by atoms with van der Waals surface area (Å²) in [6.07, 6.45) is 0. The molecule has 0 saturated carbocycles. The molecule has 32 heavy (non-hydrogen) atoms. The van der Waals surface area contributed by atoms with Gasteiger partial charge in [0, 0.05) is 17.3 Å². The quantitative estimate of drug-likeness (QED) is 0.448. The van der Waals surface area contributed by atoms with E-state index < -0.39 is 0 Å². The van der Waals surface area contributed by atoms with Crippen molar-refractivity contribution in [2.24, 2.45) is 0 Å². The van der Waals surface area contributed by atoms with E-state index in [1.807, 2.05) is 87.2 Å². The summed E-state index contributed by atoms with van der Waals surface area (Å²) in [5, 5.41) is 0.475. The molecule has 1 aliphatic rings. The minimum atomic E-state index is -0.346. The molecular weight excluding hydrogens is 420 g/mol. The van der Waals surface area contributed by atoms with Gasteiger partial charge >= 0.3 is 0 Å². The molecule has 0 atom stereocenters. The number of amides is 2. The first-order valence-corrected chi connectivity index (χ1v) is 11.0. The largest absolute Gasteiger partial charge is 0.337 e. The van der Waals surface area contributed by atoms with Gasteiger partial charge in [0.15, 0.2) is 0 Å². The van der Waals surface area contributed by atoms with Crippen LogP contribution in [0.25, 0.3) is 5.57 Å². The lowest BCUT2D eigenvalue weighted by Crippen LogP contribution is -2.35. The molecule has 2 amide bonds. The molecule has 162 valence electrons. The van der Waals surface area contributed by atoms with Crippen LogP contribution < -0.4 is 9.80 Å². The second-order valence-electron chi connectivity index (χ2n) is 8.00. The third-order valence-corrected chi connectivity index (χ3v) is 6.01. The summed E-state index contributed by atoms with van der Waals surface area (Å²) in [7, 11) is 0. The van der Waals surface area contributed by atoms with Crippen molar-refractivity contribution in [1.29, 1.82) is 0 Å². The minimum absolute atomic E-state index is 0.336. The topological polar surface area (TPSA) is 40.6 Å². The number of carbonyl (C=O) groups excluding carboxylic acids is 2. The Kier molecular flexibility index (Phi) is 5.90. The van der Waals surface area contributed by atoms with Crippen LogP contribution in [0.2, 0.25) is 5.02 Å². The van der Waals surface area contributed by atoms with E-state index in [0.29, 0.717) is 28.5 Å². The van der Waals surface area contributed by atoms with Crippen LogP contribution in [0.3, 0.4) is 0 Å². The number of nitrogens with zero attached hydrogens (tertiary/aromatic N) is 2. The van der Waals surface area contributed by atoms with E-state index in [9.17, 15) is 9.59 Å². The van der Waals surface area contributed by atoms with Crippen LogP contribution in [-0.2, 0) is 9.59 Å². The number of halogens is 1. The van der Waals surface area contributed by atoms with E-state index in [1.54, 1.807) is 12.1 Å². The number of carbonyl (C=O) groups is 2. The summed E-state index contributed by atoms with van der Waals surface area (Å²) < 4.78 is 0. The Morgan fingerprint density at radius 2 is 1.56 bits per heavy atom. The van der Waals surface area contributed by atoms with Crippen LogP contribution in [0, 0.1) is 20.8 Å². The summed E-state index contributed by atoms with van der Waals surface area (Å²) in [6.45, 7) is 8.37. The number of rotatable bonds is 5. The van der Waals surface area contributed by atoms with Crippen molar-refractivity contribution in [3.8, 4) is 0 Å². The Morgan fingerprint density at radius 3 is 2.22 bits per heavy atom. The van der Waals surface area contributed by atoms with Crippen molar-refractivity contribution in [3.63, 3.8) is 0 Å². The van der Waals surface area contributed by atoms with Crippen molar-refractivity contribution in [2.45, 2.75) is 27.7 Å². The molecule has 3 aromatic rings. The fourth-order valence-electron chi connectivity index (χ4n) is 4.23. The average Bonchev–Trinajstić information content (AvgIpc) is 3.01. The Bertz CT molecular complexity index is 1250. The lowest BCUT2D eigenvalue weighted by molar-refractivity contribution is -0.120. The Labute approximate surface area is 193 Å². The zero-order valence-electron chi connectivity index (χ0n) is 18.6. The molecule has 4 rings (SSSR count). The number of likely N-dealkylation sites (N-methyl/N-ethyl adjacent to an activating group) is 1. The fraction of sp³-hybridized carbons (Fsp3) is 0.185. The summed E-state index contributed by atoms with van der Waals surface area (Å²) in [5.41, 5.74) is 5.79. The average molecular weight is 445 g/mol. The number of anilines is 2. The predicted molar refractivity (Wildman–Crippen MR) is 131 cm³/mol. The highest BCUT2D eigenvalue weighted by atomic mass is 35.5. The van der Waals surface area contributed by atoms with Gasteiger partial charge in [0.05, 0.1) is 11.3 Å². The van der Waals surface area contributed by atoms with E-state index in [2.05, 4.69) is 0 Å². The van der Waals surface area contributed by atoms with Gasteiger partial charge in [0.25, 0.3) is 11.8 Å². The molecule has 0 aromatic heterocycles. The van der Waals surface area contributed by atoms with E-state index in [0.717, 1.165) is 27.9 Å². The molecule has 0 unspecified atom stereocenters. The molecule has 5 heteroatoms. The normalized spacial score (nSPS) is 13.8. The van der Waals surface area contributed by atoms with E-state index in [-0.39, 0.29) is 11.8 Å². The summed E-state index contributed by atoms with van der Waals surface area (Å²) in [5.74, 6) is -0.683. The number of aryl methyl sites for hydroxylation is 3. The Morgan fingerprint density at radius 1 is 0.844 bits per heavy atom. The highest BCUT2D eigenvalue weighted by molar-refractivity contribution is 6.47. The maximum atomic E-state index is 13.9. The van der Waals surface area contributed by atoms with Crippen LogP contribution in [0.5, 0.6) is 0 Å². The SMILES string of the molecule is CCN(C1=C(c2ccc(C)cc2C)C(=O)N(c2cc(Cl)ccc2C)C1=O)c1ccccc1. The second kappa shape index (κ2) is 8.64. The van der Waals surface area contributed by atoms with Crippen LogP contribution in [0.4, 0.5) is 11.4 Å². The molecule has 0 N–H and O–H groups in total. The van der Waals surface area contributed by atoms with Gasteiger partial charge in [-0.2, -0.15) is 0 Å². The third-order valence-electron chi connectivity index (χ3n) is 5.78. The smallest absolute Gasteiger partial charge is 0.282 e. The standard InChI is InChI=1S/C27H25ClN2O2/c1-5-29(21-9-7-6-8-10-21)25-24(22-14-11-17(2)15-19(22)4)26(31)30(27(25)32)23-16-20(28)13-12-18(23)3/h6-16H,5H2,1-4H3. The fourth-order valence-corrected chi connectivity index (χ4v) is 4.39. The van der Waals surface area contributed by atoms with Crippen molar-refractivity contribution >= 4 is 40.4 Å². The van der Waals surface area contributed by atoms with Crippen molar-refractivity contribution in [1.82, 2.24) is 0 Å². The zero-order valence-corrected chi connectivity index (χ0v) is 19.4. The molecule has 0 saturated heterocycles. The van der Waals surface area contributed by atoms with Gasteiger partial charge in [-0.25, -0.2) is 4.90 Å². The van der Waals surface area contributed by atoms with E-state index in [4.69, 9.17) is 11.6 Å². The van der Waals surface area contributed by atoms with Gasteiger partial charge in [-0.15, -0.1) is 0 Å². The van der Waals surface area contributed by atoms with Gasteiger partial charge in [-0.05, 0) is 68.7 Å². The highest BCUT2D eigenvalue weighted by Crippen LogP contribution is 2.39. The van der Waals surface area contributed by atoms with Gasteiger partial charge in [0.2, 0.25) is 0 Å². The lowest BCUT2D eigenvalue weighted by atomic mass is 9.97. The molecule has 1 heterocycles. The maximum Gasteiger partial charge on any atom is 0.282 e.